The van der Waals surface area contributed by atoms with E-state index in [1.54, 1.807) is 4.90 Å². The molecule has 0 bridgehead atoms. The third kappa shape index (κ3) is 6.85. The third-order valence-electron chi connectivity index (χ3n) is 2.30. The molecule has 0 aliphatic heterocycles. The Balaban J connectivity index is 0.00000169. The Kier molecular flexibility index (Phi) is 7.63. The quantitative estimate of drug-likeness (QED) is 0.566. The average molecular weight is 233 g/mol. The second kappa shape index (κ2) is 6.91. The zero-order valence-corrected chi connectivity index (χ0v) is 12.1. The van der Waals surface area contributed by atoms with E-state index in [2.05, 4.69) is 0 Å². The first-order valence-electron chi connectivity index (χ1n) is 4.98. The van der Waals surface area contributed by atoms with Crippen LogP contribution in [0.25, 0.3) is 0 Å². The molecule has 1 aliphatic carbocycles. The first-order valence-corrected chi connectivity index (χ1v) is 4.98. The Hall–Kier alpha value is 1.45. The van der Waals surface area contributed by atoms with Gasteiger partial charge in [-0.3, -0.25) is 0 Å². The van der Waals surface area contributed by atoms with Crippen LogP contribution in [0.15, 0.2) is 0 Å². The summed E-state index contributed by atoms with van der Waals surface area (Å²) in [7, 11) is 0. The molecular weight excluding hydrogens is 217 g/mol. The summed E-state index contributed by atoms with van der Waals surface area (Å²) in [5.74, 6) is 0. The summed E-state index contributed by atoms with van der Waals surface area (Å²) < 4.78 is 36.4. The van der Waals surface area contributed by atoms with Gasteiger partial charge in [0.05, 0.1) is 0 Å². The maximum absolute atomic E-state index is 12.1. The summed E-state index contributed by atoms with van der Waals surface area (Å²) >= 11 is 0. The molecule has 0 aromatic carbocycles. The van der Waals surface area contributed by atoms with Crippen LogP contribution in [0, 0.1) is 0 Å². The van der Waals surface area contributed by atoms with Gasteiger partial charge in [-0.15, -0.1) is 0 Å². The second-order valence-corrected chi connectivity index (χ2v) is 3.79. The minimum absolute atomic E-state index is 0. The fourth-order valence-corrected chi connectivity index (χ4v) is 1.49. The summed E-state index contributed by atoms with van der Waals surface area (Å²) in [6.45, 7) is -2.02. The van der Waals surface area contributed by atoms with E-state index < -0.39 is 13.4 Å². The van der Waals surface area contributed by atoms with Crippen LogP contribution >= 0.6 is 0 Å². The summed E-state index contributed by atoms with van der Waals surface area (Å²) in [5, 5.41) is 0. The monoisotopic (exact) mass is 233 g/mol. The van der Waals surface area contributed by atoms with Gasteiger partial charge in [0.1, 0.15) is 0 Å². The molecule has 1 nitrogen and oxygen atoms in total. The minimum Gasteiger partial charge on any atom is -0.448 e. The maximum atomic E-state index is 12.1. The molecule has 0 radical (unpaired) electrons. The van der Waals surface area contributed by atoms with Crippen LogP contribution in [0.3, 0.4) is 0 Å². The smallest absolute Gasteiger partial charge is 0.448 e. The number of halogens is 3. The average Bonchev–Trinajstić information content (AvgIpc) is 2.77. The predicted octanol–water partition coefficient (Wildman–Crippen LogP) is -0.358. The first-order chi connectivity index (χ1) is 6.03. The van der Waals surface area contributed by atoms with E-state index in [1.165, 1.54) is 0 Å². The molecule has 14 heavy (non-hydrogen) atoms. The van der Waals surface area contributed by atoms with Gasteiger partial charge in [-0.05, 0) is 32.3 Å². The van der Waals surface area contributed by atoms with E-state index in [9.17, 15) is 12.9 Å². The molecule has 0 aromatic heterocycles. The molecule has 0 amide bonds. The van der Waals surface area contributed by atoms with E-state index in [4.69, 9.17) is 0 Å². The fraction of sp³-hybridized carbons (Fsp3) is 1.00. The minimum atomic E-state index is -4.63. The van der Waals surface area contributed by atoms with Crippen molar-refractivity contribution in [3.63, 3.8) is 0 Å². The Morgan fingerprint density at radius 3 is 2.21 bits per heavy atom. The molecule has 0 atom stereocenters. The number of hydrogen-bond donors (Lipinski definition) is 0. The molecule has 0 saturated heterocycles. The summed E-state index contributed by atoms with van der Waals surface area (Å²) in [6.07, 6.45) is 3.09. The van der Waals surface area contributed by atoms with Crippen LogP contribution in [0.1, 0.15) is 32.6 Å². The Morgan fingerprint density at radius 1 is 1.29 bits per heavy atom. The van der Waals surface area contributed by atoms with Crippen molar-refractivity contribution in [3.8, 4) is 0 Å². The van der Waals surface area contributed by atoms with Gasteiger partial charge in [0.25, 0.3) is 0 Å². The zero-order chi connectivity index (χ0) is 9.90. The Labute approximate surface area is 126 Å². The van der Waals surface area contributed by atoms with Crippen LogP contribution in [0.4, 0.5) is 12.9 Å². The first kappa shape index (κ1) is 15.5. The van der Waals surface area contributed by atoms with Crippen molar-refractivity contribution in [2.75, 3.05) is 13.0 Å². The van der Waals surface area contributed by atoms with Gasteiger partial charge in [0, 0.05) is 6.04 Å². The van der Waals surface area contributed by atoms with Crippen LogP contribution in [0.2, 0.25) is 0 Å². The Morgan fingerprint density at radius 2 is 1.86 bits per heavy atom. The maximum Gasteiger partial charge on any atom is 1.00 e. The van der Waals surface area contributed by atoms with E-state index >= 15 is 0 Å². The van der Waals surface area contributed by atoms with Crippen LogP contribution in [0.5, 0.6) is 0 Å². The molecule has 1 rings (SSSR count). The van der Waals surface area contributed by atoms with Crippen LogP contribution < -0.4 is 51.4 Å². The van der Waals surface area contributed by atoms with Crippen LogP contribution in [-0.4, -0.2) is 30.9 Å². The standard InChI is InChI=1S/C8H16BF3N.K/c1-2-3-6-13(8-4-5-8)7-9(10,11)12;/h8H,2-7H2,1H3;/q-1;+1. The molecule has 78 valence electrons. The van der Waals surface area contributed by atoms with Crippen molar-refractivity contribution in [3.05, 3.63) is 0 Å². The molecule has 0 spiro atoms. The van der Waals surface area contributed by atoms with Crippen molar-refractivity contribution in [2.45, 2.75) is 38.6 Å². The molecule has 0 heterocycles. The SMILES string of the molecule is CCCCN(C[B-](F)(F)F)C1CC1.[K+]. The summed E-state index contributed by atoms with van der Waals surface area (Å²) in [4.78, 5) is 1.60. The van der Waals surface area contributed by atoms with E-state index in [-0.39, 0.29) is 57.4 Å². The van der Waals surface area contributed by atoms with Gasteiger partial charge >= 0.3 is 58.4 Å². The van der Waals surface area contributed by atoms with Gasteiger partial charge < -0.3 is 17.8 Å². The molecule has 1 fully saturated rings. The Bertz CT molecular complexity index is 161. The number of hydrogen-bond acceptors (Lipinski definition) is 1. The molecule has 0 N–H and O–H groups in total. The largest absolute Gasteiger partial charge is 1.00 e. The van der Waals surface area contributed by atoms with Gasteiger partial charge in [0.2, 0.25) is 0 Å². The van der Waals surface area contributed by atoms with E-state index in [1.807, 2.05) is 6.92 Å². The van der Waals surface area contributed by atoms with E-state index in [0.29, 0.717) is 6.54 Å². The van der Waals surface area contributed by atoms with Gasteiger partial charge in [-0.25, -0.2) is 0 Å². The molecular formula is C8H16BF3KN. The molecule has 1 saturated carbocycles. The van der Waals surface area contributed by atoms with Gasteiger partial charge in [-0.2, -0.15) is 0 Å². The van der Waals surface area contributed by atoms with Crippen molar-refractivity contribution >= 4 is 6.98 Å². The van der Waals surface area contributed by atoms with Gasteiger partial charge in [0.15, 0.2) is 0 Å². The summed E-state index contributed by atoms with van der Waals surface area (Å²) in [6, 6.07) is 0.232. The van der Waals surface area contributed by atoms with Crippen molar-refractivity contribution < 1.29 is 64.3 Å². The normalized spacial score (nSPS) is 16.9. The molecule has 6 heteroatoms. The van der Waals surface area contributed by atoms with Crippen molar-refractivity contribution in [2.24, 2.45) is 0 Å². The molecule has 1 aliphatic rings. The zero-order valence-electron chi connectivity index (χ0n) is 8.98. The second-order valence-electron chi connectivity index (χ2n) is 3.79. The fourth-order valence-electron chi connectivity index (χ4n) is 1.49. The number of unbranched alkanes of at least 4 members (excludes halogenated alkanes) is 1. The van der Waals surface area contributed by atoms with Gasteiger partial charge in [-0.1, -0.05) is 13.3 Å². The number of rotatable bonds is 6. The number of nitrogens with zero attached hydrogens (tertiary/aromatic N) is 1. The van der Waals surface area contributed by atoms with Crippen LogP contribution in [-0.2, 0) is 0 Å². The van der Waals surface area contributed by atoms with Crippen molar-refractivity contribution in [1.29, 1.82) is 0 Å². The summed E-state index contributed by atoms with van der Waals surface area (Å²) in [5.41, 5.74) is 0. The molecule has 0 aromatic rings. The predicted molar refractivity (Wildman–Crippen MR) is 48.6 cm³/mol. The van der Waals surface area contributed by atoms with Crippen molar-refractivity contribution in [1.82, 2.24) is 4.90 Å². The third-order valence-corrected chi connectivity index (χ3v) is 2.30. The van der Waals surface area contributed by atoms with E-state index in [0.717, 1.165) is 25.7 Å². The molecule has 0 unspecified atom stereocenters. The topological polar surface area (TPSA) is 3.24 Å².